The van der Waals surface area contributed by atoms with Crippen LogP contribution >= 0.6 is 0 Å². The molecule has 2 aromatic carbocycles. The molecule has 0 aromatic heterocycles. The molecule has 0 saturated carbocycles. The lowest BCUT2D eigenvalue weighted by atomic mass is 9.95. The average molecular weight is 497 g/mol. The summed E-state index contributed by atoms with van der Waals surface area (Å²) in [5, 5.41) is 0. The molecule has 0 radical (unpaired) electrons. The highest BCUT2D eigenvalue weighted by molar-refractivity contribution is 7.89. The van der Waals surface area contributed by atoms with Crippen LogP contribution in [0.2, 0.25) is 0 Å². The molecule has 6 nitrogen and oxygen atoms in total. The quantitative estimate of drug-likeness (QED) is 0.639. The summed E-state index contributed by atoms with van der Waals surface area (Å²) in [5.74, 6) is -1.82. The van der Waals surface area contributed by atoms with Gasteiger partial charge in [-0.2, -0.15) is 0 Å². The van der Waals surface area contributed by atoms with Crippen molar-refractivity contribution in [1.82, 2.24) is 9.62 Å². The molecule has 2 heterocycles. The van der Waals surface area contributed by atoms with Gasteiger partial charge in [0.2, 0.25) is 10.0 Å². The van der Waals surface area contributed by atoms with E-state index < -0.39 is 51.9 Å². The molecule has 2 aromatic rings. The third kappa shape index (κ3) is 5.13. The molecule has 0 spiro atoms. The molecule has 2 aliphatic rings. The number of likely N-dealkylation sites (tertiary alicyclic amines) is 1. The number of rotatable bonds is 7. The first-order valence-corrected chi connectivity index (χ1v) is 12.9. The van der Waals surface area contributed by atoms with Crippen molar-refractivity contribution in [1.29, 1.82) is 0 Å². The van der Waals surface area contributed by atoms with Crippen LogP contribution in [0.3, 0.4) is 0 Å². The van der Waals surface area contributed by atoms with E-state index in [0.29, 0.717) is 25.0 Å². The van der Waals surface area contributed by atoms with Crippen LogP contribution in [0.4, 0.5) is 13.2 Å². The van der Waals surface area contributed by atoms with Gasteiger partial charge in [-0.05, 0) is 49.4 Å². The number of carbonyl (C=O) groups is 1. The van der Waals surface area contributed by atoms with E-state index in [4.69, 9.17) is 4.74 Å². The molecular formula is C24H27F3N2O4S. The van der Waals surface area contributed by atoms with Crippen molar-refractivity contribution in [3.05, 3.63) is 59.7 Å². The SMILES string of the molecule is CCS(=O)(=O)N[C@H]1[C@@H](F)CN(C(=O)[C@H]2CCCO2)[C@H]1Cc1cccc(-c2cccc(F)c2)c1F. The second-order valence-corrected chi connectivity index (χ2v) is 10.7. The van der Waals surface area contributed by atoms with Gasteiger partial charge < -0.3 is 9.64 Å². The van der Waals surface area contributed by atoms with Gasteiger partial charge in [-0.3, -0.25) is 4.79 Å². The Kier molecular flexibility index (Phi) is 7.30. The number of benzene rings is 2. The lowest BCUT2D eigenvalue weighted by molar-refractivity contribution is -0.142. The molecule has 184 valence electrons. The van der Waals surface area contributed by atoms with Gasteiger partial charge in [0.25, 0.3) is 5.91 Å². The smallest absolute Gasteiger partial charge is 0.252 e. The van der Waals surface area contributed by atoms with Crippen LogP contribution in [-0.2, 0) is 26.0 Å². The van der Waals surface area contributed by atoms with Crippen LogP contribution in [0.1, 0.15) is 25.3 Å². The van der Waals surface area contributed by atoms with E-state index in [1.807, 2.05) is 0 Å². The summed E-state index contributed by atoms with van der Waals surface area (Å²) >= 11 is 0. The summed E-state index contributed by atoms with van der Waals surface area (Å²) in [6.45, 7) is 1.53. The second-order valence-electron chi connectivity index (χ2n) is 8.62. The molecule has 4 atom stereocenters. The van der Waals surface area contributed by atoms with Gasteiger partial charge >= 0.3 is 0 Å². The van der Waals surface area contributed by atoms with Crippen LogP contribution in [-0.4, -0.2) is 62.5 Å². The second kappa shape index (κ2) is 10.1. The Morgan fingerprint density at radius 2 is 1.97 bits per heavy atom. The fourth-order valence-electron chi connectivity index (χ4n) is 4.60. The van der Waals surface area contributed by atoms with Crippen LogP contribution in [0.15, 0.2) is 42.5 Å². The Labute approximate surface area is 197 Å². The summed E-state index contributed by atoms with van der Waals surface area (Å²) < 4.78 is 76.7. The highest BCUT2D eigenvalue weighted by Crippen LogP contribution is 2.31. The topological polar surface area (TPSA) is 75.7 Å². The molecule has 0 aliphatic carbocycles. The van der Waals surface area contributed by atoms with Gasteiger partial charge in [-0.25, -0.2) is 26.3 Å². The van der Waals surface area contributed by atoms with E-state index in [0.717, 1.165) is 0 Å². The van der Waals surface area contributed by atoms with E-state index in [-0.39, 0.29) is 29.8 Å². The van der Waals surface area contributed by atoms with Crippen LogP contribution in [0.25, 0.3) is 11.1 Å². The lowest BCUT2D eigenvalue weighted by Crippen LogP contribution is -2.51. The van der Waals surface area contributed by atoms with Crippen molar-refractivity contribution in [2.75, 3.05) is 18.9 Å². The fraction of sp³-hybridized carbons (Fsp3) is 0.458. The van der Waals surface area contributed by atoms with Gasteiger partial charge in [0.1, 0.15) is 23.9 Å². The number of carbonyl (C=O) groups excluding carboxylic acids is 1. The Bertz CT molecular complexity index is 1150. The van der Waals surface area contributed by atoms with Crippen molar-refractivity contribution < 1.29 is 31.1 Å². The lowest BCUT2D eigenvalue weighted by Gasteiger charge is -2.30. The first-order valence-electron chi connectivity index (χ1n) is 11.3. The van der Waals surface area contributed by atoms with E-state index in [2.05, 4.69) is 4.72 Å². The molecule has 0 unspecified atom stereocenters. The van der Waals surface area contributed by atoms with Crippen molar-refractivity contribution >= 4 is 15.9 Å². The molecule has 2 aliphatic heterocycles. The average Bonchev–Trinajstić information content (AvgIpc) is 3.44. The van der Waals surface area contributed by atoms with Crippen LogP contribution < -0.4 is 4.72 Å². The summed E-state index contributed by atoms with van der Waals surface area (Å²) in [5.41, 5.74) is 0.672. The summed E-state index contributed by atoms with van der Waals surface area (Å²) in [4.78, 5) is 14.4. The zero-order chi connectivity index (χ0) is 24.5. The molecule has 10 heteroatoms. The maximum atomic E-state index is 15.5. The Hall–Kier alpha value is -2.43. The Morgan fingerprint density at radius 1 is 1.21 bits per heavy atom. The molecule has 4 rings (SSSR count). The summed E-state index contributed by atoms with van der Waals surface area (Å²) in [6, 6.07) is 7.93. The monoisotopic (exact) mass is 496 g/mol. The predicted molar refractivity (Wildman–Crippen MR) is 121 cm³/mol. The summed E-state index contributed by atoms with van der Waals surface area (Å²) in [6.07, 6.45) is -1.31. The van der Waals surface area contributed by atoms with Gasteiger partial charge in [-0.15, -0.1) is 0 Å². The number of nitrogens with one attached hydrogen (secondary N) is 1. The molecule has 1 amide bonds. The normalized spacial score (nSPS) is 25.1. The van der Waals surface area contributed by atoms with Crippen molar-refractivity contribution in [2.24, 2.45) is 0 Å². The number of alkyl halides is 1. The fourth-order valence-corrected chi connectivity index (χ4v) is 5.49. The number of halogens is 3. The highest BCUT2D eigenvalue weighted by Gasteiger charge is 2.47. The number of sulfonamides is 1. The standard InChI is InChI=1S/C24H27F3N2O4S/c1-2-34(31,32)28-23-19(26)14-29(24(30)21-10-5-11-33-21)20(23)13-16-7-4-9-18(22(16)27)15-6-3-8-17(25)12-15/h3-4,6-9,12,19-21,23,28H,2,5,10-11,13-14H2,1H3/t19-,20-,21+,23-/m0/s1. The van der Waals surface area contributed by atoms with E-state index in [1.54, 1.807) is 12.1 Å². The molecule has 2 fully saturated rings. The minimum atomic E-state index is -3.79. The zero-order valence-electron chi connectivity index (χ0n) is 18.7. The zero-order valence-corrected chi connectivity index (χ0v) is 19.5. The third-order valence-corrected chi connectivity index (χ3v) is 7.79. The first-order chi connectivity index (χ1) is 16.2. The van der Waals surface area contributed by atoms with Crippen LogP contribution in [0.5, 0.6) is 0 Å². The van der Waals surface area contributed by atoms with Gasteiger partial charge in [0.05, 0.1) is 24.4 Å². The van der Waals surface area contributed by atoms with E-state index in [9.17, 15) is 17.6 Å². The number of hydrogen-bond donors (Lipinski definition) is 1. The van der Waals surface area contributed by atoms with Gasteiger partial charge in [-0.1, -0.05) is 30.3 Å². The van der Waals surface area contributed by atoms with Gasteiger partial charge in [0.15, 0.2) is 0 Å². The Balaban J connectivity index is 1.69. The van der Waals surface area contributed by atoms with Crippen molar-refractivity contribution in [3.63, 3.8) is 0 Å². The number of hydrogen-bond acceptors (Lipinski definition) is 4. The Morgan fingerprint density at radius 3 is 2.65 bits per heavy atom. The number of amides is 1. The number of nitrogens with zero attached hydrogens (tertiary/aromatic N) is 1. The minimum Gasteiger partial charge on any atom is -0.368 e. The molecule has 34 heavy (non-hydrogen) atoms. The van der Waals surface area contributed by atoms with E-state index >= 15 is 8.78 Å². The molecular weight excluding hydrogens is 469 g/mol. The minimum absolute atomic E-state index is 0.120. The van der Waals surface area contributed by atoms with E-state index in [1.165, 1.54) is 42.2 Å². The highest BCUT2D eigenvalue weighted by atomic mass is 32.2. The largest absolute Gasteiger partial charge is 0.368 e. The van der Waals surface area contributed by atoms with Crippen molar-refractivity contribution in [3.8, 4) is 11.1 Å². The molecule has 2 saturated heterocycles. The van der Waals surface area contributed by atoms with Gasteiger partial charge in [0, 0.05) is 12.2 Å². The third-order valence-electron chi connectivity index (χ3n) is 6.40. The van der Waals surface area contributed by atoms with Crippen molar-refractivity contribution in [2.45, 2.75) is 50.5 Å². The predicted octanol–water partition coefficient (Wildman–Crippen LogP) is 3.21. The summed E-state index contributed by atoms with van der Waals surface area (Å²) in [7, 11) is -3.79. The number of ether oxygens (including phenoxy) is 1. The maximum absolute atomic E-state index is 15.5. The van der Waals surface area contributed by atoms with Crippen LogP contribution in [0, 0.1) is 11.6 Å². The molecule has 0 bridgehead atoms. The molecule has 1 N–H and O–H groups in total. The maximum Gasteiger partial charge on any atom is 0.252 e. The first kappa shape index (κ1) is 24.7.